The molecule has 38 heavy (non-hydrogen) atoms. The first-order valence-corrected chi connectivity index (χ1v) is 14.1. The molecule has 3 aliphatic rings. The number of hydrogen-bond acceptors (Lipinski definition) is 5. The van der Waals surface area contributed by atoms with Crippen LogP contribution in [-0.2, 0) is 20.9 Å². The van der Waals surface area contributed by atoms with E-state index in [0.717, 1.165) is 22.8 Å². The Kier molecular flexibility index (Phi) is 6.61. The van der Waals surface area contributed by atoms with Crippen LogP contribution in [0.5, 0.6) is 0 Å². The third kappa shape index (κ3) is 4.16. The molecule has 3 aromatic carbocycles. The minimum Gasteiger partial charge on any atom is -0.396 e. The first kappa shape index (κ1) is 24.9. The number of benzene rings is 3. The fraction of sp³-hybridized carbons (Fsp3) is 0.367. The number of likely N-dealkylation sites (tertiary alicyclic amines) is 1. The first-order valence-electron chi connectivity index (χ1n) is 13.2. The van der Waals surface area contributed by atoms with Crippen molar-refractivity contribution in [3.63, 3.8) is 0 Å². The molecule has 196 valence electrons. The maximum absolute atomic E-state index is 13.9. The Bertz CT molecular complexity index is 1380. The van der Waals surface area contributed by atoms with Gasteiger partial charge in [0.15, 0.2) is 0 Å². The van der Waals surface area contributed by atoms with Crippen molar-refractivity contribution in [3.8, 4) is 0 Å². The topological polar surface area (TPSA) is 98.7 Å². The molecule has 5 atom stereocenters. The summed E-state index contributed by atoms with van der Waals surface area (Å²) in [6.45, 7) is 0.617. The molecule has 3 fully saturated rings. The molecule has 3 amide bonds. The minimum absolute atomic E-state index is 0.00989. The molecule has 0 saturated carbocycles. The molecule has 3 aromatic rings. The highest BCUT2D eigenvalue weighted by Crippen LogP contribution is 2.66. The number of anilines is 1. The lowest BCUT2D eigenvalue weighted by Crippen LogP contribution is -2.51. The van der Waals surface area contributed by atoms with Gasteiger partial charge < -0.3 is 20.6 Å². The number of carbonyl (C=O) groups is 3. The van der Waals surface area contributed by atoms with Gasteiger partial charge in [-0.3, -0.25) is 14.4 Å². The minimum atomic E-state index is -0.694. The fourth-order valence-electron chi connectivity index (χ4n) is 6.62. The van der Waals surface area contributed by atoms with Crippen molar-refractivity contribution in [2.75, 3.05) is 18.5 Å². The lowest BCUT2D eigenvalue weighted by Gasteiger charge is -2.34. The van der Waals surface area contributed by atoms with Crippen LogP contribution in [0, 0.1) is 11.8 Å². The van der Waals surface area contributed by atoms with Gasteiger partial charge in [-0.15, -0.1) is 11.8 Å². The van der Waals surface area contributed by atoms with Crippen LogP contribution in [0.3, 0.4) is 0 Å². The molecule has 3 heterocycles. The highest BCUT2D eigenvalue weighted by molar-refractivity contribution is 8.02. The second kappa shape index (κ2) is 10.1. The van der Waals surface area contributed by atoms with Crippen molar-refractivity contribution < 1.29 is 19.5 Å². The molecule has 1 spiro atoms. The van der Waals surface area contributed by atoms with Gasteiger partial charge >= 0.3 is 0 Å². The van der Waals surface area contributed by atoms with Crippen LogP contribution in [0.25, 0.3) is 10.8 Å². The van der Waals surface area contributed by atoms with Crippen molar-refractivity contribution in [3.05, 3.63) is 78.4 Å². The predicted octanol–water partition coefficient (Wildman–Crippen LogP) is 3.57. The van der Waals surface area contributed by atoms with Crippen molar-refractivity contribution in [2.45, 2.75) is 41.8 Å². The van der Waals surface area contributed by atoms with Gasteiger partial charge in [-0.2, -0.15) is 0 Å². The van der Waals surface area contributed by atoms with E-state index in [4.69, 9.17) is 0 Å². The zero-order chi connectivity index (χ0) is 26.3. The summed E-state index contributed by atoms with van der Waals surface area (Å²) >= 11 is 1.65. The van der Waals surface area contributed by atoms with E-state index in [1.807, 2.05) is 72.8 Å². The molecule has 2 bridgehead atoms. The standard InChI is InChI=1S/C30H31N3O4S/c34-16-6-15-33-26(28(36)32-22-12-11-20-9-4-5-10-21(20)17-22)30-14-13-23(38-30)24(25(30)29(33)37)27(35)31-18-19-7-2-1-3-8-19/h1-5,7-12,17,23-26,34H,6,13-16,18H2,(H,31,35)(H,32,36)/t23-,24+,25+,26?,30?/m1/s1. The summed E-state index contributed by atoms with van der Waals surface area (Å²) in [6.07, 6.45) is 1.89. The number of hydrogen-bond donors (Lipinski definition) is 3. The van der Waals surface area contributed by atoms with Gasteiger partial charge in [0, 0.05) is 30.6 Å². The summed E-state index contributed by atoms with van der Waals surface area (Å²) < 4.78 is -0.646. The van der Waals surface area contributed by atoms with Crippen molar-refractivity contribution in [2.24, 2.45) is 11.8 Å². The van der Waals surface area contributed by atoms with E-state index in [1.165, 1.54) is 0 Å². The number of amides is 3. The molecular formula is C30H31N3O4S. The van der Waals surface area contributed by atoms with Crippen LogP contribution >= 0.6 is 11.8 Å². The van der Waals surface area contributed by atoms with Crippen molar-refractivity contribution in [1.29, 1.82) is 0 Å². The van der Waals surface area contributed by atoms with Crippen LogP contribution in [0.2, 0.25) is 0 Å². The Morgan fingerprint density at radius 3 is 2.55 bits per heavy atom. The Morgan fingerprint density at radius 1 is 1.00 bits per heavy atom. The van der Waals surface area contributed by atoms with Gasteiger partial charge in [0.25, 0.3) is 0 Å². The molecule has 3 saturated heterocycles. The van der Waals surface area contributed by atoms with Crippen LogP contribution < -0.4 is 10.6 Å². The van der Waals surface area contributed by atoms with Gasteiger partial charge in [-0.1, -0.05) is 60.7 Å². The van der Waals surface area contributed by atoms with Gasteiger partial charge in [0.2, 0.25) is 17.7 Å². The number of aliphatic hydroxyl groups excluding tert-OH is 1. The number of carbonyl (C=O) groups excluding carboxylic acids is 3. The monoisotopic (exact) mass is 529 g/mol. The van der Waals surface area contributed by atoms with E-state index in [2.05, 4.69) is 10.6 Å². The second-order valence-electron chi connectivity index (χ2n) is 10.4. The zero-order valence-corrected chi connectivity index (χ0v) is 21.8. The average Bonchev–Trinajstić information content (AvgIpc) is 3.58. The fourth-order valence-corrected chi connectivity index (χ4v) is 8.84. The van der Waals surface area contributed by atoms with E-state index in [0.29, 0.717) is 25.1 Å². The predicted molar refractivity (Wildman–Crippen MR) is 148 cm³/mol. The van der Waals surface area contributed by atoms with E-state index < -0.39 is 22.6 Å². The maximum atomic E-state index is 13.9. The third-order valence-electron chi connectivity index (χ3n) is 8.23. The summed E-state index contributed by atoms with van der Waals surface area (Å²) in [5.41, 5.74) is 1.68. The van der Waals surface area contributed by atoms with Gasteiger partial charge in [0.1, 0.15) is 6.04 Å². The van der Waals surface area contributed by atoms with E-state index in [9.17, 15) is 19.5 Å². The summed E-state index contributed by atoms with van der Waals surface area (Å²) in [6, 6.07) is 22.8. The maximum Gasteiger partial charge on any atom is 0.248 e. The number of nitrogens with one attached hydrogen (secondary N) is 2. The molecule has 6 rings (SSSR count). The third-order valence-corrected chi connectivity index (χ3v) is 10.2. The zero-order valence-electron chi connectivity index (χ0n) is 21.0. The number of nitrogens with zero attached hydrogens (tertiary/aromatic N) is 1. The second-order valence-corrected chi connectivity index (χ2v) is 12.0. The molecule has 0 aliphatic carbocycles. The Balaban J connectivity index is 1.27. The van der Waals surface area contributed by atoms with Crippen LogP contribution in [0.15, 0.2) is 72.8 Å². The average molecular weight is 530 g/mol. The molecule has 8 heteroatoms. The highest BCUT2D eigenvalue weighted by atomic mass is 32.2. The molecule has 2 unspecified atom stereocenters. The molecule has 7 nitrogen and oxygen atoms in total. The van der Waals surface area contributed by atoms with E-state index in [-0.39, 0.29) is 36.1 Å². The van der Waals surface area contributed by atoms with Gasteiger partial charge in [-0.05, 0) is 47.7 Å². The number of thioether (sulfide) groups is 1. The quantitative estimate of drug-likeness (QED) is 0.415. The van der Waals surface area contributed by atoms with Gasteiger partial charge in [0.05, 0.1) is 16.6 Å². The largest absolute Gasteiger partial charge is 0.396 e. The van der Waals surface area contributed by atoms with Crippen LogP contribution in [-0.4, -0.2) is 56.9 Å². The number of aliphatic hydroxyl groups is 1. The van der Waals surface area contributed by atoms with Crippen molar-refractivity contribution >= 4 is 45.9 Å². The Labute approximate surface area is 226 Å². The first-order chi connectivity index (χ1) is 18.5. The summed E-state index contributed by atoms with van der Waals surface area (Å²) in [4.78, 5) is 42.9. The summed E-state index contributed by atoms with van der Waals surface area (Å²) in [7, 11) is 0. The summed E-state index contributed by atoms with van der Waals surface area (Å²) in [5.74, 6) is -1.52. The molecule has 0 aromatic heterocycles. The molecule has 3 aliphatic heterocycles. The highest BCUT2D eigenvalue weighted by Gasteiger charge is 2.73. The van der Waals surface area contributed by atoms with Crippen molar-refractivity contribution in [1.82, 2.24) is 10.2 Å². The smallest absolute Gasteiger partial charge is 0.248 e. The number of fused-ring (bicyclic) bond motifs is 2. The molecular weight excluding hydrogens is 498 g/mol. The van der Waals surface area contributed by atoms with Gasteiger partial charge in [-0.25, -0.2) is 0 Å². The molecule has 0 radical (unpaired) electrons. The van der Waals surface area contributed by atoms with E-state index >= 15 is 0 Å². The summed E-state index contributed by atoms with van der Waals surface area (Å²) in [5, 5.41) is 17.8. The Morgan fingerprint density at radius 2 is 1.76 bits per heavy atom. The van der Waals surface area contributed by atoms with Crippen LogP contribution in [0.1, 0.15) is 24.8 Å². The Hall–Kier alpha value is -3.36. The SMILES string of the molecule is O=C(Nc1ccc2ccccc2c1)C1N(CCCO)C(=O)[C@@H]2[C@@H](C(=O)NCc3ccccc3)[C@H]3CCC12S3. The molecule has 3 N–H and O–H groups in total. The lowest BCUT2D eigenvalue weighted by molar-refractivity contribution is -0.139. The number of rotatable bonds is 8. The normalized spacial score (nSPS) is 27.5. The lowest BCUT2D eigenvalue weighted by atomic mass is 9.70. The van der Waals surface area contributed by atoms with E-state index in [1.54, 1.807) is 16.7 Å². The van der Waals surface area contributed by atoms with Crippen LogP contribution in [0.4, 0.5) is 5.69 Å².